The molecule has 0 unspecified atom stereocenters. The molecule has 5 nitrogen and oxygen atoms in total. The van der Waals surface area contributed by atoms with Crippen molar-refractivity contribution < 1.29 is 9.53 Å². The van der Waals surface area contributed by atoms with Crippen LogP contribution in [0.2, 0.25) is 0 Å². The Morgan fingerprint density at radius 2 is 1.96 bits per heavy atom. The maximum Gasteiger partial charge on any atom is 0.245 e. The van der Waals surface area contributed by atoms with Gasteiger partial charge in [0.1, 0.15) is 11.6 Å². The van der Waals surface area contributed by atoms with Crippen LogP contribution in [-0.4, -0.2) is 41.0 Å². The highest BCUT2D eigenvalue weighted by Gasteiger charge is 2.24. The number of ether oxygens (including phenoxy) is 1. The number of hydrogen-bond donors (Lipinski definition) is 0. The lowest BCUT2D eigenvalue weighted by atomic mass is 9.95. The number of nitrogens with zero attached hydrogens (tertiary/aromatic N) is 3. The number of benzene rings is 1. The Hall–Kier alpha value is -2.69. The first kappa shape index (κ1) is 16.2. The number of amides is 1. The molecular weight excluding hydrogens is 302 g/mol. The summed E-state index contributed by atoms with van der Waals surface area (Å²) in [4.78, 5) is 22.7. The Labute approximate surface area is 142 Å². The van der Waals surface area contributed by atoms with Crippen molar-refractivity contribution in [2.45, 2.75) is 18.8 Å². The van der Waals surface area contributed by atoms with Crippen LogP contribution >= 0.6 is 0 Å². The third kappa shape index (κ3) is 3.45. The van der Waals surface area contributed by atoms with Crippen LogP contribution in [0.3, 0.4) is 0 Å². The van der Waals surface area contributed by atoms with E-state index in [9.17, 15) is 4.79 Å². The minimum Gasteiger partial charge on any atom is -0.497 e. The number of carbonyl (C=O) groups excluding carboxylic acids is 1. The molecule has 0 atom stereocenters. The fraction of sp³-hybridized carbons (Fsp3) is 0.316. The van der Waals surface area contributed by atoms with Crippen LogP contribution in [-0.2, 0) is 4.79 Å². The molecule has 1 aliphatic rings. The van der Waals surface area contributed by atoms with Gasteiger partial charge >= 0.3 is 0 Å². The molecular formula is C19H21N3O2. The minimum absolute atomic E-state index is 0.00125. The molecule has 1 saturated heterocycles. The Morgan fingerprint density at radius 1 is 1.25 bits per heavy atom. The third-order valence-electron chi connectivity index (χ3n) is 4.41. The van der Waals surface area contributed by atoms with Gasteiger partial charge < -0.3 is 9.64 Å². The molecule has 1 aromatic carbocycles. The molecule has 124 valence electrons. The van der Waals surface area contributed by atoms with Gasteiger partial charge in [-0.3, -0.25) is 4.79 Å². The fourth-order valence-corrected chi connectivity index (χ4v) is 2.98. The van der Waals surface area contributed by atoms with Crippen molar-refractivity contribution in [3.05, 3.63) is 55.0 Å². The van der Waals surface area contributed by atoms with Crippen molar-refractivity contribution in [2.24, 2.45) is 0 Å². The van der Waals surface area contributed by atoms with Crippen LogP contribution in [0.5, 0.6) is 5.75 Å². The second kappa shape index (κ2) is 7.25. The standard InChI is InChI=1S/C19H21N3O2/c1-3-18(23)22-12-9-15(10-13-22)19-20-11-8-17(21-19)14-4-6-16(24-2)7-5-14/h3-8,11,15H,1,9-10,12-13H2,2H3. The Kier molecular flexibility index (Phi) is 4.89. The van der Waals surface area contributed by atoms with E-state index in [0.29, 0.717) is 0 Å². The molecule has 24 heavy (non-hydrogen) atoms. The Bertz CT molecular complexity index is 720. The van der Waals surface area contributed by atoms with Gasteiger partial charge in [0.15, 0.2) is 0 Å². The fourth-order valence-electron chi connectivity index (χ4n) is 2.98. The SMILES string of the molecule is C=CC(=O)N1CCC(c2nccc(-c3ccc(OC)cc3)n2)CC1. The van der Waals surface area contributed by atoms with Crippen molar-refractivity contribution >= 4 is 5.91 Å². The largest absolute Gasteiger partial charge is 0.497 e. The van der Waals surface area contributed by atoms with E-state index >= 15 is 0 Å². The van der Waals surface area contributed by atoms with E-state index in [0.717, 1.165) is 48.8 Å². The quantitative estimate of drug-likeness (QED) is 0.812. The summed E-state index contributed by atoms with van der Waals surface area (Å²) in [5.41, 5.74) is 1.95. The molecule has 3 rings (SSSR count). The first-order valence-electron chi connectivity index (χ1n) is 8.10. The van der Waals surface area contributed by atoms with Gasteiger partial charge in [-0.2, -0.15) is 0 Å². The van der Waals surface area contributed by atoms with Crippen LogP contribution < -0.4 is 4.74 Å². The maximum absolute atomic E-state index is 11.7. The third-order valence-corrected chi connectivity index (χ3v) is 4.41. The molecule has 0 spiro atoms. The first-order valence-corrected chi connectivity index (χ1v) is 8.10. The van der Waals surface area contributed by atoms with Crippen LogP contribution in [0.15, 0.2) is 49.2 Å². The molecule has 1 amide bonds. The number of rotatable bonds is 4. The summed E-state index contributed by atoms with van der Waals surface area (Å²) in [6.07, 6.45) is 4.95. The summed E-state index contributed by atoms with van der Waals surface area (Å²) >= 11 is 0. The molecule has 0 aliphatic carbocycles. The number of carbonyl (C=O) groups is 1. The second-order valence-electron chi connectivity index (χ2n) is 5.83. The molecule has 5 heteroatoms. The molecule has 0 N–H and O–H groups in total. The summed E-state index contributed by atoms with van der Waals surface area (Å²) in [7, 11) is 1.65. The average Bonchev–Trinajstić information content (AvgIpc) is 2.67. The van der Waals surface area contributed by atoms with Crippen LogP contribution in [0.4, 0.5) is 0 Å². The van der Waals surface area contributed by atoms with Crippen molar-refractivity contribution in [2.75, 3.05) is 20.2 Å². The van der Waals surface area contributed by atoms with Gasteiger partial charge in [-0.15, -0.1) is 0 Å². The predicted molar refractivity (Wildman–Crippen MR) is 92.8 cm³/mol. The van der Waals surface area contributed by atoms with E-state index in [1.807, 2.05) is 41.4 Å². The number of hydrogen-bond acceptors (Lipinski definition) is 4. The van der Waals surface area contributed by atoms with Crippen LogP contribution in [0, 0.1) is 0 Å². The van der Waals surface area contributed by atoms with Crippen molar-refractivity contribution in [1.82, 2.24) is 14.9 Å². The normalized spacial score (nSPS) is 15.1. The molecule has 1 fully saturated rings. The maximum atomic E-state index is 11.7. The summed E-state index contributed by atoms with van der Waals surface area (Å²) in [6, 6.07) is 9.77. The molecule has 0 radical (unpaired) electrons. The van der Waals surface area contributed by atoms with Gasteiger partial charge in [-0.25, -0.2) is 9.97 Å². The number of likely N-dealkylation sites (tertiary alicyclic amines) is 1. The predicted octanol–water partition coefficient (Wildman–Crippen LogP) is 3.04. The lowest BCUT2D eigenvalue weighted by molar-refractivity contribution is -0.127. The Balaban J connectivity index is 1.74. The summed E-state index contributed by atoms with van der Waals surface area (Å²) in [5, 5.41) is 0. The molecule has 0 bridgehead atoms. The van der Waals surface area contributed by atoms with Gasteiger partial charge in [-0.1, -0.05) is 6.58 Å². The topological polar surface area (TPSA) is 55.3 Å². The van der Waals surface area contributed by atoms with Crippen molar-refractivity contribution in [1.29, 1.82) is 0 Å². The molecule has 1 aliphatic heterocycles. The lowest BCUT2D eigenvalue weighted by Crippen LogP contribution is -2.37. The minimum atomic E-state index is 0.00125. The van der Waals surface area contributed by atoms with Gasteiger partial charge in [0.05, 0.1) is 12.8 Å². The van der Waals surface area contributed by atoms with Crippen LogP contribution in [0.25, 0.3) is 11.3 Å². The first-order chi connectivity index (χ1) is 11.7. The van der Waals surface area contributed by atoms with E-state index in [1.165, 1.54) is 6.08 Å². The second-order valence-corrected chi connectivity index (χ2v) is 5.83. The highest BCUT2D eigenvalue weighted by atomic mass is 16.5. The summed E-state index contributed by atoms with van der Waals surface area (Å²) < 4.78 is 5.19. The number of methoxy groups -OCH3 is 1. The zero-order chi connectivity index (χ0) is 16.9. The lowest BCUT2D eigenvalue weighted by Gasteiger charge is -2.30. The van der Waals surface area contributed by atoms with Gasteiger partial charge in [0.25, 0.3) is 0 Å². The summed E-state index contributed by atoms with van der Waals surface area (Å²) in [5.74, 6) is 1.97. The smallest absolute Gasteiger partial charge is 0.245 e. The van der Waals surface area contributed by atoms with Crippen molar-refractivity contribution in [3.8, 4) is 17.0 Å². The molecule has 0 saturated carbocycles. The molecule has 1 aromatic heterocycles. The van der Waals surface area contributed by atoms with E-state index in [-0.39, 0.29) is 11.8 Å². The zero-order valence-corrected chi connectivity index (χ0v) is 13.8. The Morgan fingerprint density at radius 3 is 2.58 bits per heavy atom. The van der Waals surface area contributed by atoms with Crippen molar-refractivity contribution in [3.63, 3.8) is 0 Å². The summed E-state index contributed by atoms with van der Waals surface area (Å²) in [6.45, 7) is 5.00. The zero-order valence-electron chi connectivity index (χ0n) is 13.8. The monoisotopic (exact) mass is 323 g/mol. The highest BCUT2D eigenvalue weighted by Crippen LogP contribution is 2.27. The van der Waals surface area contributed by atoms with E-state index in [1.54, 1.807) is 7.11 Å². The number of piperidine rings is 1. The number of aromatic nitrogens is 2. The van der Waals surface area contributed by atoms with E-state index in [2.05, 4.69) is 11.6 Å². The molecule has 2 aromatic rings. The van der Waals surface area contributed by atoms with E-state index in [4.69, 9.17) is 9.72 Å². The van der Waals surface area contributed by atoms with Gasteiger partial charge in [-0.05, 0) is 49.2 Å². The highest BCUT2D eigenvalue weighted by molar-refractivity contribution is 5.87. The van der Waals surface area contributed by atoms with Gasteiger partial charge in [0, 0.05) is 30.8 Å². The van der Waals surface area contributed by atoms with Gasteiger partial charge in [0.2, 0.25) is 5.91 Å². The van der Waals surface area contributed by atoms with Crippen LogP contribution in [0.1, 0.15) is 24.6 Å². The average molecular weight is 323 g/mol. The molecule has 2 heterocycles. The van der Waals surface area contributed by atoms with E-state index < -0.39 is 0 Å².